The molecule has 0 rings (SSSR count). The van der Waals surface area contributed by atoms with Crippen molar-refractivity contribution in [2.75, 3.05) is 13.2 Å². The van der Waals surface area contributed by atoms with Crippen LogP contribution in [0, 0.1) is 6.92 Å². The van der Waals surface area contributed by atoms with Gasteiger partial charge in [0.05, 0.1) is 19.3 Å². The Labute approximate surface area is 147 Å². The number of aliphatic hydroxyl groups excluding tert-OH is 1. The van der Waals surface area contributed by atoms with E-state index in [9.17, 15) is 5.11 Å². The van der Waals surface area contributed by atoms with Crippen LogP contribution in [-0.4, -0.2) is 58.2 Å². The summed E-state index contributed by atoms with van der Waals surface area (Å²) in [6.07, 6.45) is -0.709. The molecule has 0 aromatic carbocycles. The molecule has 0 fully saturated rings. The third-order valence-electron chi connectivity index (χ3n) is 2.25. The minimum Gasteiger partial charge on any atom is -0.417 e. The topological polar surface area (TPSA) is 57.2 Å². The van der Waals surface area contributed by atoms with Crippen LogP contribution in [0.1, 0.15) is 0 Å². The second-order valence-corrected chi connectivity index (χ2v) is 25.8. The minimum absolute atomic E-state index is 0.220. The zero-order valence-electron chi connectivity index (χ0n) is 16.5. The van der Waals surface area contributed by atoms with Gasteiger partial charge in [-0.1, -0.05) is 0 Å². The molecule has 0 aliphatic rings. The first-order valence-corrected chi connectivity index (χ1v) is 20.4. The zero-order chi connectivity index (χ0) is 18.5. The molecule has 0 spiro atoms. The molecular formula is C14H37O5Si4. The van der Waals surface area contributed by atoms with E-state index >= 15 is 0 Å². The monoisotopic (exact) mass is 397 g/mol. The average Bonchev–Trinajstić information content (AvgIpc) is 2.16. The molecule has 0 aliphatic carbocycles. The highest BCUT2D eigenvalue weighted by Crippen LogP contribution is 2.28. The van der Waals surface area contributed by atoms with E-state index in [1.165, 1.54) is 0 Å². The lowest BCUT2D eigenvalue weighted by Gasteiger charge is -2.42. The van der Waals surface area contributed by atoms with Crippen molar-refractivity contribution in [3.8, 4) is 0 Å². The van der Waals surface area contributed by atoms with Crippen LogP contribution in [-0.2, 0) is 17.1 Å². The maximum Gasteiger partial charge on any atom is 0.471 e. The summed E-state index contributed by atoms with van der Waals surface area (Å²) in [5.41, 5.74) is 0. The summed E-state index contributed by atoms with van der Waals surface area (Å²) < 4.78 is 25.1. The Morgan fingerprint density at radius 1 is 0.783 bits per heavy atom. The SMILES string of the molecule is [CH2]C(O)COCC[Si](O[Si](C)(C)C)(O[Si](C)(C)C)O[Si](C)(C)C. The van der Waals surface area contributed by atoms with Crippen molar-refractivity contribution in [1.29, 1.82) is 0 Å². The molecule has 1 N–H and O–H groups in total. The van der Waals surface area contributed by atoms with Crippen LogP contribution in [0.4, 0.5) is 0 Å². The molecule has 0 amide bonds. The maximum atomic E-state index is 9.24. The molecule has 0 saturated carbocycles. The predicted molar refractivity (Wildman–Crippen MR) is 106 cm³/mol. The molecule has 0 aliphatic heterocycles. The first-order chi connectivity index (χ1) is 10.0. The Balaban J connectivity index is 5.28. The van der Waals surface area contributed by atoms with E-state index in [1.54, 1.807) is 0 Å². The summed E-state index contributed by atoms with van der Waals surface area (Å²) in [4.78, 5) is 0. The molecule has 0 bridgehead atoms. The number of hydrogen-bond donors (Lipinski definition) is 1. The van der Waals surface area contributed by atoms with Gasteiger partial charge >= 0.3 is 8.80 Å². The van der Waals surface area contributed by atoms with E-state index < -0.39 is 39.9 Å². The fourth-order valence-corrected chi connectivity index (χ4v) is 16.5. The molecule has 0 saturated heterocycles. The van der Waals surface area contributed by atoms with Crippen LogP contribution in [0.3, 0.4) is 0 Å². The van der Waals surface area contributed by atoms with Gasteiger partial charge in [0, 0.05) is 6.04 Å². The molecule has 1 unspecified atom stereocenters. The second-order valence-electron chi connectivity index (χ2n) is 8.81. The van der Waals surface area contributed by atoms with Gasteiger partial charge in [-0.25, -0.2) is 0 Å². The fourth-order valence-electron chi connectivity index (χ4n) is 2.03. The third-order valence-corrected chi connectivity index (χ3v) is 14.1. The Bertz CT molecular complexity index is 304. The lowest BCUT2D eigenvalue weighted by atomic mass is 10.4. The first kappa shape index (κ1) is 23.7. The fraction of sp³-hybridized carbons (Fsp3) is 0.929. The molecule has 0 heterocycles. The highest BCUT2D eigenvalue weighted by atomic mass is 28.5. The summed E-state index contributed by atoms with van der Waals surface area (Å²) in [6.45, 7) is 23.7. The molecule has 9 heteroatoms. The Kier molecular flexibility index (Phi) is 9.11. The third kappa shape index (κ3) is 13.6. The molecule has 0 aromatic heterocycles. The predicted octanol–water partition coefficient (Wildman–Crippen LogP) is 3.69. The lowest BCUT2D eigenvalue weighted by molar-refractivity contribution is 0.0605. The average molecular weight is 398 g/mol. The first-order valence-electron chi connectivity index (χ1n) is 8.23. The van der Waals surface area contributed by atoms with Crippen molar-refractivity contribution in [1.82, 2.24) is 0 Å². The molecular weight excluding hydrogens is 360 g/mol. The number of ether oxygens (including phenoxy) is 1. The van der Waals surface area contributed by atoms with Crippen molar-refractivity contribution < 1.29 is 22.2 Å². The van der Waals surface area contributed by atoms with E-state index in [2.05, 4.69) is 65.8 Å². The summed E-state index contributed by atoms with van der Waals surface area (Å²) in [7, 11) is -8.32. The van der Waals surface area contributed by atoms with Crippen LogP contribution < -0.4 is 0 Å². The summed E-state index contributed by atoms with van der Waals surface area (Å²) >= 11 is 0. The largest absolute Gasteiger partial charge is 0.471 e. The van der Waals surface area contributed by atoms with Crippen molar-refractivity contribution >= 4 is 33.8 Å². The van der Waals surface area contributed by atoms with Crippen molar-refractivity contribution in [2.24, 2.45) is 0 Å². The number of aliphatic hydroxyl groups is 1. The van der Waals surface area contributed by atoms with E-state index in [0.717, 1.165) is 0 Å². The second kappa shape index (κ2) is 8.85. The van der Waals surface area contributed by atoms with Gasteiger partial charge in [-0.3, -0.25) is 0 Å². The molecule has 23 heavy (non-hydrogen) atoms. The van der Waals surface area contributed by atoms with Gasteiger partial charge in [0.2, 0.25) is 0 Å². The quantitative estimate of drug-likeness (QED) is 0.425. The van der Waals surface area contributed by atoms with E-state index in [-0.39, 0.29) is 6.61 Å². The van der Waals surface area contributed by atoms with Gasteiger partial charge in [0.25, 0.3) is 0 Å². The summed E-state index contributed by atoms with van der Waals surface area (Å²) in [5.74, 6) is 0. The summed E-state index contributed by atoms with van der Waals surface area (Å²) in [5, 5.41) is 9.24. The molecule has 1 atom stereocenters. The van der Waals surface area contributed by atoms with Crippen molar-refractivity contribution in [3.63, 3.8) is 0 Å². The highest BCUT2D eigenvalue weighted by Gasteiger charge is 2.49. The number of rotatable bonds is 11. The maximum absolute atomic E-state index is 9.24. The van der Waals surface area contributed by atoms with Crippen LogP contribution in [0.5, 0.6) is 0 Å². The van der Waals surface area contributed by atoms with E-state index in [1.807, 2.05) is 0 Å². The van der Waals surface area contributed by atoms with Crippen molar-refractivity contribution in [2.45, 2.75) is 71.1 Å². The van der Waals surface area contributed by atoms with Gasteiger partial charge in [-0.05, 0) is 65.8 Å². The van der Waals surface area contributed by atoms with Gasteiger partial charge in [0.1, 0.15) is 0 Å². The Hall–Kier alpha value is 0.668. The molecule has 139 valence electrons. The smallest absolute Gasteiger partial charge is 0.417 e. The zero-order valence-corrected chi connectivity index (χ0v) is 20.5. The van der Waals surface area contributed by atoms with E-state index in [4.69, 9.17) is 17.1 Å². The Morgan fingerprint density at radius 2 is 1.13 bits per heavy atom. The minimum atomic E-state index is -2.82. The summed E-state index contributed by atoms with van der Waals surface area (Å²) in [6, 6.07) is 0.624. The Morgan fingerprint density at radius 3 is 1.39 bits per heavy atom. The highest BCUT2D eigenvalue weighted by molar-refractivity contribution is 6.90. The van der Waals surface area contributed by atoms with E-state index in [0.29, 0.717) is 12.7 Å². The van der Waals surface area contributed by atoms with Gasteiger partial charge < -0.3 is 22.2 Å². The van der Waals surface area contributed by atoms with Crippen LogP contribution in [0.25, 0.3) is 0 Å². The van der Waals surface area contributed by atoms with Gasteiger partial charge in [-0.15, -0.1) is 0 Å². The molecule has 5 nitrogen and oxygen atoms in total. The van der Waals surface area contributed by atoms with Gasteiger partial charge in [-0.2, -0.15) is 0 Å². The normalized spacial score (nSPS) is 15.8. The standard InChI is InChI=1S/C14H37O5Si4/c1-14(15)13-16-11-12-23(17-20(2,3)4,18-21(5,6)7)19-22(8,9)10/h14-15H,1,11-13H2,2-10H3. The number of hydrogen-bond acceptors (Lipinski definition) is 5. The molecule has 1 radical (unpaired) electrons. The van der Waals surface area contributed by atoms with Crippen molar-refractivity contribution in [3.05, 3.63) is 6.92 Å². The van der Waals surface area contributed by atoms with Gasteiger partial charge in [0.15, 0.2) is 25.0 Å². The van der Waals surface area contributed by atoms with Crippen LogP contribution >= 0.6 is 0 Å². The van der Waals surface area contributed by atoms with Crippen LogP contribution in [0.15, 0.2) is 0 Å². The molecule has 0 aromatic rings. The van der Waals surface area contributed by atoms with Crippen LogP contribution in [0.2, 0.25) is 65.0 Å². The lowest BCUT2D eigenvalue weighted by Crippen LogP contribution is -2.60.